The molecule has 7 heteroatoms. The van der Waals surface area contributed by atoms with Crippen LogP contribution in [0.4, 0.5) is 10.1 Å². The fourth-order valence-electron chi connectivity index (χ4n) is 3.56. The molecule has 33 heavy (non-hydrogen) atoms. The minimum atomic E-state index is -0.469. The zero-order valence-electron chi connectivity index (χ0n) is 17.9. The van der Waals surface area contributed by atoms with Crippen LogP contribution in [-0.2, 0) is 4.79 Å². The van der Waals surface area contributed by atoms with Crippen LogP contribution in [0, 0.1) is 5.82 Å². The molecule has 166 valence electrons. The fourth-order valence-corrected chi connectivity index (χ4v) is 3.56. The van der Waals surface area contributed by atoms with Crippen molar-refractivity contribution in [2.45, 2.75) is 6.92 Å². The first-order chi connectivity index (χ1) is 16.0. The molecule has 0 saturated carbocycles. The van der Waals surface area contributed by atoms with Crippen molar-refractivity contribution in [3.05, 3.63) is 101 Å². The summed E-state index contributed by atoms with van der Waals surface area (Å²) in [7, 11) is 0. The lowest BCUT2D eigenvalue weighted by molar-refractivity contribution is -0.114. The van der Waals surface area contributed by atoms with Crippen LogP contribution in [0.25, 0.3) is 6.08 Å². The topological polar surface area (TPSA) is 66.9 Å². The summed E-state index contributed by atoms with van der Waals surface area (Å²) in [6, 6.07) is 19.1. The summed E-state index contributed by atoms with van der Waals surface area (Å²) < 4.78 is 18.9. The highest BCUT2D eigenvalue weighted by Crippen LogP contribution is 2.30. The lowest BCUT2D eigenvalue weighted by Crippen LogP contribution is -2.44. The van der Waals surface area contributed by atoms with Gasteiger partial charge in [-0.1, -0.05) is 36.4 Å². The van der Waals surface area contributed by atoms with E-state index in [0.29, 0.717) is 34.7 Å². The maximum absolute atomic E-state index is 13.3. The van der Waals surface area contributed by atoms with Gasteiger partial charge in [-0.05, 0) is 55.0 Å². The third kappa shape index (κ3) is 4.52. The maximum atomic E-state index is 13.3. The summed E-state index contributed by atoms with van der Waals surface area (Å²) in [5.74, 6) is -1.34. The fraction of sp³-hybridized carbons (Fsp3) is 0.115. The number of rotatable bonds is 7. The van der Waals surface area contributed by atoms with Crippen LogP contribution in [0.1, 0.15) is 33.2 Å². The Bertz CT molecular complexity index is 1200. The normalized spacial score (nSPS) is 12.8. The molecule has 1 heterocycles. The number of benzene rings is 3. The minimum absolute atomic E-state index is 0.289. The molecule has 0 fully saturated rings. The van der Waals surface area contributed by atoms with E-state index < -0.39 is 17.7 Å². The molecule has 0 aliphatic carbocycles. The highest BCUT2D eigenvalue weighted by Gasteiger charge is 2.37. The van der Waals surface area contributed by atoms with Crippen molar-refractivity contribution in [3.8, 4) is 5.75 Å². The largest absolute Gasteiger partial charge is 0.492 e. The lowest BCUT2D eigenvalue weighted by Gasteiger charge is -2.27. The van der Waals surface area contributed by atoms with Crippen molar-refractivity contribution >= 4 is 29.5 Å². The second kappa shape index (κ2) is 9.48. The number of imide groups is 1. The zero-order chi connectivity index (χ0) is 23.4. The van der Waals surface area contributed by atoms with E-state index in [-0.39, 0.29) is 12.5 Å². The molecule has 4 rings (SSSR count). The van der Waals surface area contributed by atoms with Crippen LogP contribution in [0.5, 0.6) is 5.75 Å². The van der Waals surface area contributed by atoms with Crippen molar-refractivity contribution in [1.82, 2.24) is 4.90 Å². The Morgan fingerprint density at radius 3 is 2.18 bits per heavy atom. The molecular formula is C26H21FN2O4. The van der Waals surface area contributed by atoms with Gasteiger partial charge in [0.05, 0.1) is 23.4 Å². The van der Waals surface area contributed by atoms with Crippen LogP contribution in [0.2, 0.25) is 0 Å². The molecule has 0 spiro atoms. The Morgan fingerprint density at radius 1 is 0.939 bits per heavy atom. The Morgan fingerprint density at radius 2 is 1.55 bits per heavy atom. The summed E-state index contributed by atoms with van der Waals surface area (Å²) in [6.45, 7) is 1.90. The Balaban J connectivity index is 1.68. The molecule has 0 aromatic heterocycles. The number of anilines is 1. The molecule has 1 aliphatic heterocycles. The van der Waals surface area contributed by atoms with E-state index in [1.165, 1.54) is 23.1 Å². The zero-order valence-corrected chi connectivity index (χ0v) is 17.9. The number of para-hydroxylation sites is 2. The lowest BCUT2D eigenvalue weighted by atomic mass is 10.1. The van der Waals surface area contributed by atoms with Crippen molar-refractivity contribution in [2.75, 3.05) is 18.2 Å². The molecule has 6 nitrogen and oxygen atoms in total. The molecule has 0 saturated heterocycles. The number of carbonyl (C=O) groups is 3. The van der Waals surface area contributed by atoms with E-state index in [1.807, 2.05) is 6.92 Å². The Hall–Kier alpha value is -4.26. The number of ether oxygens (including phenoxy) is 1. The molecule has 0 atom stereocenters. The first-order valence-corrected chi connectivity index (χ1v) is 10.4. The van der Waals surface area contributed by atoms with E-state index in [9.17, 15) is 18.8 Å². The van der Waals surface area contributed by atoms with E-state index in [0.717, 1.165) is 4.90 Å². The van der Waals surface area contributed by atoms with Gasteiger partial charge in [-0.2, -0.15) is 0 Å². The highest BCUT2D eigenvalue weighted by molar-refractivity contribution is 6.21. The van der Waals surface area contributed by atoms with Crippen LogP contribution < -0.4 is 9.64 Å². The highest BCUT2D eigenvalue weighted by atomic mass is 19.1. The second-order valence-electron chi connectivity index (χ2n) is 7.28. The summed E-state index contributed by atoms with van der Waals surface area (Å²) in [5.41, 5.74) is 1.65. The molecule has 3 amide bonds. The predicted octanol–water partition coefficient (Wildman–Crippen LogP) is 4.52. The number of hydrogen-bond acceptors (Lipinski definition) is 4. The van der Waals surface area contributed by atoms with E-state index in [1.54, 1.807) is 66.7 Å². The molecule has 3 aromatic carbocycles. The third-order valence-corrected chi connectivity index (χ3v) is 5.17. The molecule has 0 radical (unpaired) electrons. The van der Waals surface area contributed by atoms with Crippen LogP contribution in [0.3, 0.4) is 0 Å². The summed E-state index contributed by atoms with van der Waals surface area (Å²) >= 11 is 0. The number of amides is 3. The molecule has 1 aliphatic rings. The van der Waals surface area contributed by atoms with Gasteiger partial charge in [-0.25, -0.2) is 4.39 Å². The van der Waals surface area contributed by atoms with Gasteiger partial charge in [0.2, 0.25) is 0 Å². The Kier molecular flexibility index (Phi) is 6.31. The first kappa shape index (κ1) is 22.0. The average molecular weight is 444 g/mol. The van der Waals surface area contributed by atoms with Gasteiger partial charge in [-0.3, -0.25) is 24.2 Å². The molecule has 3 aromatic rings. The summed E-state index contributed by atoms with van der Waals surface area (Å²) in [5, 5.41) is 0. The number of fused-ring (bicyclic) bond motifs is 1. The van der Waals surface area contributed by atoms with Crippen LogP contribution in [-0.4, -0.2) is 35.9 Å². The summed E-state index contributed by atoms with van der Waals surface area (Å²) in [6.07, 6.45) is 2.86. The van der Waals surface area contributed by atoms with Crippen molar-refractivity contribution in [3.63, 3.8) is 0 Å². The molecule has 0 bridgehead atoms. The molecular weight excluding hydrogens is 423 g/mol. The van der Waals surface area contributed by atoms with Gasteiger partial charge in [0.1, 0.15) is 18.2 Å². The van der Waals surface area contributed by atoms with Crippen molar-refractivity contribution < 1.29 is 23.5 Å². The quantitative estimate of drug-likeness (QED) is 0.397. The van der Waals surface area contributed by atoms with Crippen LogP contribution in [0.15, 0.2) is 78.9 Å². The van der Waals surface area contributed by atoms with Gasteiger partial charge in [-0.15, -0.1) is 0 Å². The van der Waals surface area contributed by atoms with Gasteiger partial charge in [0, 0.05) is 6.08 Å². The SMILES string of the molecule is CCOc1ccccc1N(CN1C(=O)c2ccccc2C1=O)C(=O)C=Cc1ccc(F)cc1. The van der Waals surface area contributed by atoms with Gasteiger partial charge in [0.15, 0.2) is 0 Å². The minimum Gasteiger partial charge on any atom is -0.492 e. The average Bonchev–Trinajstić information content (AvgIpc) is 3.07. The van der Waals surface area contributed by atoms with E-state index >= 15 is 0 Å². The van der Waals surface area contributed by atoms with Crippen molar-refractivity contribution in [1.29, 1.82) is 0 Å². The van der Waals surface area contributed by atoms with E-state index in [4.69, 9.17) is 4.74 Å². The first-order valence-electron chi connectivity index (χ1n) is 10.4. The number of nitrogens with zero attached hydrogens (tertiary/aromatic N) is 2. The summed E-state index contributed by atoms with van der Waals surface area (Å²) in [4.78, 5) is 41.4. The number of hydrogen-bond donors (Lipinski definition) is 0. The standard InChI is InChI=1S/C26H21FN2O4/c1-2-33-23-10-6-5-9-22(23)28(24(30)16-13-18-11-14-19(27)15-12-18)17-29-25(31)20-7-3-4-8-21(20)26(29)32/h3-16H,2,17H2,1H3. The molecule has 0 N–H and O–H groups in total. The van der Waals surface area contributed by atoms with Crippen LogP contribution >= 0.6 is 0 Å². The molecule has 0 unspecified atom stereocenters. The smallest absolute Gasteiger partial charge is 0.263 e. The number of carbonyl (C=O) groups excluding carboxylic acids is 3. The second-order valence-corrected chi connectivity index (χ2v) is 7.28. The maximum Gasteiger partial charge on any atom is 0.263 e. The van der Waals surface area contributed by atoms with Gasteiger partial charge in [0.25, 0.3) is 17.7 Å². The predicted molar refractivity (Wildman–Crippen MR) is 122 cm³/mol. The number of halogens is 1. The van der Waals surface area contributed by atoms with Crippen molar-refractivity contribution in [2.24, 2.45) is 0 Å². The van der Waals surface area contributed by atoms with Gasteiger partial charge >= 0.3 is 0 Å². The third-order valence-electron chi connectivity index (χ3n) is 5.17. The van der Waals surface area contributed by atoms with Gasteiger partial charge < -0.3 is 4.74 Å². The monoisotopic (exact) mass is 444 g/mol. The van der Waals surface area contributed by atoms with E-state index in [2.05, 4.69) is 0 Å². The Labute approximate surface area is 190 Å².